The molecule has 0 saturated heterocycles. The monoisotopic (exact) mass is 435 g/mol. The second kappa shape index (κ2) is 8.30. The summed E-state index contributed by atoms with van der Waals surface area (Å²) in [5, 5.41) is 19.2. The molecule has 0 spiro atoms. The van der Waals surface area contributed by atoms with Gasteiger partial charge < -0.3 is 4.57 Å². The first kappa shape index (κ1) is 20.0. The van der Waals surface area contributed by atoms with Crippen molar-refractivity contribution >= 4 is 28.4 Å². The van der Waals surface area contributed by atoms with Crippen molar-refractivity contribution in [1.29, 1.82) is 0 Å². The number of benzene rings is 1. The van der Waals surface area contributed by atoms with Crippen LogP contribution in [0, 0.1) is 0 Å². The minimum absolute atomic E-state index is 0.0717. The van der Waals surface area contributed by atoms with Gasteiger partial charge in [-0.1, -0.05) is 49.2 Å². The molecule has 0 aliphatic heterocycles. The van der Waals surface area contributed by atoms with Crippen LogP contribution in [0.4, 0.5) is 0 Å². The van der Waals surface area contributed by atoms with E-state index >= 15 is 0 Å². The molecule has 0 unspecified atom stereocenters. The van der Waals surface area contributed by atoms with Crippen molar-refractivity contribution in [2.75, 3.05) is 0 Å². The normalized spacial score (nSPS) is 15.1. The van der Waals surface area contributed by atoms with E-state index in [1.165, 1.54) is 32.1 Å². The van der Waals surface area contributed by atoms with Gasteiger partial charge in [-0.25, -0.2) is 0 Å². The lowest BCUT2D eigenvalue weighted by Gasteiger charge is -2.21. The van der Waals surface area contributed by atoms with Crippen molar-refractivity contribution in [3.8, 4) is 0 Å². The van der Waals surface area contributed by atoms with Crippen molar-refractivity contribution < 1.29 is 0 Å². The molecule has 1 aliphatic carbocycles. The molecule has 3 aromatic heterocycles. The van der Waals surface area contributed by atoms with E-state index < -0.39 is 0 Å². The summed E-state index contributed by atoms with van der Waals surface area (Å²) in [6.07, 6.45) is 8.07. The molecule has 0 radical (unpaired) electrons. The van der Waals surface area contributed by atoms with E-state index in [4.69, 9.17) is 0 Å². The van der Waals surface area contributed by atoms with Crippen LogP contribution in [-0.2, 0) is 19.3 Å². The maximum atomic E-state index is 12.6. The van der Waals surface area contributed by atoms with Gasteiger partial charge in [0.15, 0.2) is 5.16 Å². The number of rotatable bonds is 6. The second-order valence-electron chi connectivity index (χ2n) is 8.00. The van der Waals surface area contributed by atoms with Crippen LogP contribution in [0.2, 0.25) is 0 Å². The third-order valence-corrected chi connectivity index (χ3v) is 7.01. The molecule has 1 aliphatic rings. The lowest BCUT2D eigenvalue weighted by molar-refractivity contribution is 0.415. The zero-order valence-corrected chi connectivity index (χ0v) is 18.4. The standard InChI is InChI=1S/C22H25N7OS/c1-3-13-28-19(15-9-5-4-6-10-15)24-26-22(28)31-14-18-23-25-21-27(2)20(30)16-11-7-8-12-17(16)29(18)21/h3,7-8,11-12,15H,1,4-6,9-10,13-14H2,2H3. The van der Waals surface area contributed by atoms with Gasteiger partial charge in [-0.2, -0.15) is 0 Å². The predicted molar refractivity (Wildman–Crippen MR) is 121 cm³/mol. The maximum Gasteiger partial charge on any atom is 0.262 e. The molecule has 1 aromatic carbocycles. The molecule has 5 rings (SSSR count). The maximum absolute atomic E-state index is 12.6. The lowest BCUT2D eigenvalue weighted by Crippen LogP contribution is -2.20. The summed E-state index contributed by atoms with van der Waals surface area (Å²) in [5.74, 6) is 3.43. The number of hydrogen-bond donors (Lipinski definition) is 0. The lowest BCUT2D eigenvalue weighted by atomic mass is 9.89. The summed E-state index contributed by atoms with van der Waals surface area (Å²) in [4.78, 5) is 12.6. The number of fused-ring (bicyclic) bond motifs is 3. The molecule has 0 atom stereocenters. The highest BCUT2D eigenvalue weighted by Gasteiger charge is 2.23. The molecule has 160 valence electrons. The van der Waals surface area contributed by atoms with Crippen LogP contribution < -0.4 is 5.56 Å². The number of aryl methyl sites for hydroxylation is 1. The summed E-state index contributed by atoms with van der Waals surface area (Å²) in [6, 6.07) is 7.57. The van der Waals surface area contributed by atoms with Gasteiger partial charge in [-0.05, 0) is 25.0 Å². The van der Waals surface area contributed by atoms with Crippen molar-refractivity contribution in [3.05, 3.63) is 58.9 Å². The van der Waals surface area contributed by atoms with Gasteiger partial charge in [0, 0.05) is 19.5 Å². The van der Waals surface area contributed by atoms with E-state index in [2.05, 4.69) is 31.5 Å². The number of hydrogen-bond acceptors (Lipinski definition) is 6. The molecule has 9 heteroatoms. The van der Waals surface area contributed by atoms with E-state index in [1.807, 2.05) is 34.7 Å². The van der Waals surface area contributed by atoms with Gasteiger partial charge in [-0.3, -0.25) is 13.8 Å². The van der Waals surface area contributed by atoms with Crippen molar-refractivity contribution in [1.82, 2.24) is 33.9 Å². The van der Waals surface area contributed by atoms with Crippen molar-refractivity contribution in [2.24, 2.45) is 7.05 Å². The fraction of sp³-hybridized carbons (Fsp3) is 0.409. The highest BCUT2D eigenvalue weighted by Crippen LogP contribution is 2.33. The van der Waals surface area contributed by atoms with Crippen LogP contribution in [0.15, 0.2) is 46.9 Å². The average molecular weight is 436 g/mol. The van der Waals surface area contributed by atoms with E-state index in [1.54, 1.807) is 23.4 Å². The average Bonchev–Trinajstić information content (AvgIpc) is 3.41. The largest absolute Gasteiger partial charge is 0.302 e. The Morgan fingerprint density at radius 2 is 1.94 bits per heavy atom. The third-order valence-electron chi connectivity index (χ3n) is 6.05. The van der Waals surface area contributed by atoms with Crippen molar-refractivity contribution in [3.63, 3.8) is 0 Å². The molecule has 1 saturated carbocycles. The third kappa shape index (κ3) is 3.46. The molecule has 1 fully saturated rings. The molecule has 8 nitrogen and oxygen atoms in total. The molecular weight excluding hydrogens is 410 g/mol. The number of allylic oxidation sites excluding steroid dienone is 1. The molecule has 3 heterocycles. The van der Waals surface area contributed by atoms with Gasteiger partial charge in [0.25, 0.3) is 5.56 Å². The Labute approximate surface area is 184 Å². The summed E-state index contributed by atoms with van der Waals surface area (Å²) < 4.78 is 5.69. The Balaban J connectivity index is 1.50. The van der Waals surface area contributed by atoms with Crippen LogP contribution in [-0.4, -0.2) is 33.9 Å². The van der Waals surface area contributed by atoms with Crippen LogP contribution in [0.25, 0.3) is 16.7 Å². The van der Waals surface area contributed by atoms with Gasteiger partial charge in [0.05, 0.1) is 16.7 Å². The number of para-hydroxylation sites is 1. The highest BCUT2D eigenvalue weighted by atomic mass is 32.2. The second-order valence-corrected chi connectivity index (χ2v) is 8.94. The van der Waals surface area contributed by atoms with E-state index in [9.17, 15) is 4.79 Å². The molecule has 0 bridgehead atoms. The zero-order chi connectivity index (χ0) is 21.4. The van der Waals surface area contributed by atoms with Gasteiger partial charge in [-0.15, -0.1) is 27.0 Å². The topological polar surface area (TPSA) is 82.9 Å². The van der Waals surface area contributed by atoms with Gasteiger partial charge in [0.2, 0.25) is 5.78 Å². The molecular formula is C22H25N7OS. The Kier molecular flexibility index (Phi) is 5.35. The predicted octanol–water partition coefficient (Wildman–Crippen LogP) is 3.70. The summed E-state index contributed by atoms with van der Waals surface area (Å²) >= 11 is 1.59. The molecule has 31 heavy (non-hydrogen) atoms. The fourth-order valence-electron chi connectivity index (χ4n) is 4.48. The van der Waals surface area contributed by atoms with E-state index in [-0.39, 0.29) is 5.56 Å². The van der Waals surface area contributed by atoms with Gasteiger partial charge >= 0.3 is 0 Å². The number of aromatic nitrogens is 7. The number of nitrogens with zero attached hydrogens (tertiary/aromatic N) is 7. The Morgan fingerprint density at radius 1 is 1.13 bits per heavy atom. The van der Waals surface area contributed by atoms with E-state index in [0.29, 0.717) is 29.4 Å². The quantitative estimate of drug-likeness (QED) is 0.339. The summed E-state index contributed by atoms with van der Waals surface area (Å²) in [6.45, 7) is 4.62. The van der Waals surface area contributed by atoms with E-state index in [0.717, 1.165) is 22.3 Å². The van der Waals surface area contributed by atoms with Crippen molar-refractivity contribution in [2.45, 2.75) is 55.5 Å². The molecule has 0 amide bonds. The first-order valence-electron chi connectivity index (χ1n) is 10.7. The Hall–Kier alpha value is -2.94. The summed E-state index contributed by atoms with van der Waals surface area (Å²) in [5.41, 5.74) is 0.745. The van der Waals surface area contributed by atoms with Gasteiger partial charge in [0.1, 0.15) is 11.6 Å². The van der Waals surface area contributed by atoms with Crippen LogP contribution in [0.5, 0.6) is 0 Å². The number of thioether (sulfide) groups is 1. The molecule has 4 aromatic rings. The Bertz CT molecular complexity index is 1310. The van der Waals surface area contributed by atoms with Crippen LogP contribution >= 0.6 is 11.8 Å². The first-order valence-corrected chi connectivity index (χ1v) is 11.7. The van der Waals surface area contributed by atoms with Crippen LogP contribution in [0.1, 0.15) is 49.7 Å². The Morgan fingerprint density at radius 3 is 2.74 bits per heavy atom. The summed E-state index contributed by atoms with van der Waals surface area (Å²) in [7, 11) is 1.73. The minimum atomic E-state index is -0.0717. The smallest absolute Gasteiger partial charge is 0.262 e. The fourth-order valence-corrected chi connectivity index (χ4v) is 5.35. The minimum Gasteiger partial charge on any atom is -0.302 e. The zero-order valence-electron chi connectivity index (χ0n) is 17.6. The SMILES string of the molecule is C=CCn1c(SCc2nnc3n(C)c(=O)c4ccccc4n23)nnc1C1CCCCC1. The van der Waals surface area contributed by atoms with Crippen LogP contribution in [0.3, 0.4) is 0 Å². The highest BCUT2D eigenvalue weighted by molar-refractivity contribution is 7.98. The molecule has 0 N–H and O–H groups in total. The first-order chi connectivity index (χ1) is 15.2.